The first-order valence-corrected chi connectivity index (χ1v) is 6.74. The van der Waals surface area contributed by atoms with E-state index in [1.54, 1.807) is 26.0 Å². The van der Waals surface area contributed by atoms with Crippen molar-refractivity contribution in [2.24, 2.45) is 5.73 Å². The van der Waals surface area contributed by atoms with E-state index in [0.29, 0.717) is 0 Å². The van der Waals surface area contributed by atoms with Gasteiger partial charge in [0.15, 0.2) is 0 Å². The van der Waals surface area contributed by atoms with E-state index in [0.717, 1.165) is 5.56 Å². The minimum atomic E-state index is -3.30. The third-order valence-electron chi connectivity index (χ3n) is 1.95. The second-order valence-electron chi connectivity index (χ2n) is 4.55. The molecule has 6 heteroatoms. The SMILES string of the molecule is CC(C)(N)CNS(=O)(=O)Cc1ccccc1.Cl. The minimum Gasteiger partial charge on any atom is -0.324 e. The van der Waals surface area contributed by atoms with Crippen LogP contribution in [-0.2, 0) is 15.8 Å². The van der Waals surface area contributed by atoms with E-state index < -0.39 is 15.6 Å². The Bertz CT molecular complexity index is 427. The quantitative estimate of drug-likeness (QED) is 0.852. The first kappa shape index (κ1) is 16.4. The summed E-state index contributed by atoms with van der Waals surface area (Å²) >= 11 is 0. The monoisotopic (exact) mass is 278 g/mol. The van der Waals surface area contributed by atoms with Crippen LogP contribution in [0.25, 0.3) is 0 Å². The second kappa shape index (κ2) is 6.35. The molecule has 0 aliphatic carbocycles. The minimum absolute atomic E-state index is 0. The van der Waals surface area contributed by atoms with E-state index in [1.807, 2.05) is 18.2 Å². The highest BCUT2D eigenvalue weighted by Gasteiger charge is 2.16. The Labute approximate surface area is 109 Å². The van der Waals surface area contributed by atoms with Crippen molar-refractivity contribution in [2.75, 3.05) is 6.54 Å². The van der Waals surface area contributed by atoms with Gasteiger partial charge in [0.2, 0.25) is 10.0 Å². The number of rotatable bonds is 5. The summed E-state index contributed by atoms with van der Waals surface area (Å²) in [4.78, 5) is 0. The fraction of sp³-hybridized carbons (Fsp3) is 0.455. The van der Waals surface area contributed by atoms with E-state index in [1.165, 1.54) is 0 Å². The van der Waals surface area contributed by atoms with Gasteiger partial charge in [0.25, 0.3) is 0 Å². The number of halogens is 1. The molecule has 0 atom stereocenters. The maximum absolute atomic E-state index is 11.7. The number of hydrogen-bond acceptors (Lipinski definition) is 3. The van der Waals surface area contributed by atoms with Crippen LogP contribution in [0.1, 0.15) is 19.4 Å². The Morgan fingerprint density at radius 1 is 1.24 bits per heavy atom. The zero-order chi connectivity index (χ0) is 12.2. The van der Waals surface area contributed by atoms with Crippen LogP contribution in [0.15, 0.2) is 30.3 Å². The molecule has 0 unspecified atom stereocenters. The average molecular weight is 279 g/mol. The molecule has 0 amide bonds. The van der Waals surface area contributed by atoms with Crippen LogP contribution in [-0.4, -0.2) is 20.5 Å². The summed E-state index contributed by atoms with van der Waals surface area (Å²) in [6.07, 6.45) is 0. The van der Waals surface area contributed by atoms with Gasteiger partial charge in [-0.2, -0.15) is 0 Å². The van der Waals surface area contributed by atoms with Gasteiger partial charge in [0.05, 0.1) is 5.75 Å². The molecule has 0 aliphatic heterocycles. The van der Waals surface area contributed by atoms with Gasteiger partial charge >= 0.3 is 0 Å². The first-order valence-electron chi connectivity index (χ1n) is 5.09. The first-order chi connectivity index (χ1) is 7.29. The molecule has 1 rings (SSSR count). The zero-order valence-corrected chi connectivity index (χ0v) is 11.6. The van der Waals surface area contributed by atoms with E-state index in [2.05, 4.69) is 4.72 Å². The van der Waals surface area contributed by atoms with Gasteiger partial charge in [-0.1, -0.05) is 30.3 Å². The van der Waals surface area contributed by atoms with Crippen molar-refractivity contribution in [3.63, 3.8) is 0 Å². The molecule has 0 bridgehead atoms. The van der Waals surface area contributed by atoms with Crippen LogP contribution in [0.3, 0.4) is 0 Å². The normalized spacial score (nSPS) is 11.9. The number of benzene rings is 1. The van der Waals surface area contributed by atoms with Crippen molar-refractivity contribution in [3.05, 3.63) is 35.9 Å². The molecule has 4 nitrogen and oxygen atoms in total. The van der Waals surface area contributed by atoms with Crippen molar-refractivity contribution < 1.29 is 8.42 Å². The molecule has 1 aromatic carbocycles. The van der Waals surface area contributed by atoms with Crippen LogP contribution in [0.2, 0.25) is 0 Å². The Balaban J connectivity index is 0.00000256. The van der Waals surface area contributed by atoms with Gasteiger partial charge in [0.1, 0.15) is 0 Å². The van der Waals surface area contributed by atoms with Crippen molar-refractivity contribution >= 4 is 22.4 Å². The van der Waals surface area contributed by atoms with Crippen molar-refractivity contribution in [1.29, 1.82) is 0 Å². The maximum atomic E-state index is 11.7. The van der Waals surface area contributed by atoms with Crippen molar-refractivity contribution in [3.8, 4) is 0 Å². The van der Waals surface area contributed by atoms with Crippen molar-refractivity contribution in [2.45, 2.75) is 25.1 Å². The van der Waals surface area contributed by atoms with Gasteiger partial charge in [0, 0.05) is 12.1 Å². The average Bonchev–Trinajstić information content (AvgIpc) is 2.15. The number of nitrogens with one attached hydrogen (secondary N) is 1. The molecule has 0 aliphatic rings. The predicted octanol–water partition coefficient (Wildman–Crippen LogP) is 1.27. The molecule has 0 saturated heterocycles. The van der Waals surface area contributed by atoms with Gasteiger partial charge in [-0.05, 0) is 19.4 Å². The molecular formula is C11H19ClN2O2S. The number of nitrogens with two attached hydrogens (primary N) is 1. The number of sulfonamides is 1. The molecule has 0 aromatic heterocycles. The standard InChI is InChI=1S/C11H18N2O2S.ClH/c1-11(2,12)9-13-16(14,15)8-10-6-4-3-5-7-10;/h3-7,13H,8-9,12H2,1-2H3;1H. The van der Waals surface area contributed by atoms with E-state index >= 15 is 0 Å². The Kier molecular flexibility index (Phi) is 6.12. The Hall–Kier alpha value is -0.620. The zero-order valence-electron chi connectivity index (χ0n) is 10.0. The third kappa shape index (κ3) is 7.33. The van der Waals surface area contributed by atoms with Gasteiger partial charge in [-0.15, -0.1) is 12.4 Å². The third-order valence-corrected chi connectivity index (χ3v) is 3.24. The molecule has 0 radical (unpaired) electrons. The molecule has 0 heterocycles. The largest absolute Gasteiger partial charge is 0.324 e. The molecule has 0 fully saturated rings. The van der Waals surface area contributed by atoms with Gasteiger partial charge < -0.3 is 5.73 Å². The molecule has 1 aromatic rings. The molecule has 0 spiro atoms. The van der Waals surface area contributed by atoms with Gasteiger partial charge in [-0.25, -0.2) is 13.1 Å². The van der Waals surface area contributed by atoms with Crippen LogP contribution in [0, 0.1) is 0 Å². The van der Waals surface area contributed by atoms with Crippen LogP contribution >= 0.6 is 12.4 Å². The Morgan fingerprint density at radius 3 is 2.24 bits per heavy atom. The fourth-order valence-corrected chi connectivity index (χ4v) is 2.47. The van der Waals surface area contributed by atoms with Crippen molar-refractivity contribution in [1.82, 2.24) is 4.72 Å². The van der Waals surface area contributed by atoms with Crippen LogP contribution in [0.5, 0.6) is 0 Å². The molecular weight excluding hydrogens is 260 g/mol. The molecule has 0 saturated carbocycles. The van der Waals surface area contributed by atoms with E-state index in [-0.39, 0.29) is 24.7 Å². The van der Waals surface area contributed by atoms with Gasteiger partial charge in [-0.3, -0.25) is 0 Å². The summed E-state index contributed by atoms with van der Waals surface area (Å²) in [6.45, 7) is 3.79. The highest BCUT2D eigenvalue weighted by atomic mass is 35.5. The highest BCUT2D eigenvalue weighted by Crippen LogP contribution is 2.04. The van der Waals surface area contributed by atoms with Crippen LogP contribution in [0.4, 0.5) is 0 Å². The summed E-state index contributed by atoms with van der Waals surface area (Å²) in [5, 5.41) is 0. The second-order valence-corrected chi connectivity index (χ2v) is 6.36. The predicted molar refractivity (Wildman–Crippen MR) is 72.6 cm³/mol. The molecule has 17 heavy (non-hydrogen) atoms. The lowest BCUT2D eigenvalue weighted by Crippen LogP contribution is -2.45. The molecule has 98 valence electrons. The summed E-state index contributed by atoms with van der Waals surface area (Å²) in [7, 11) is -3.30. The maximum Gasteiger partial charge on any atom is 0.215 e. The topological polar surface area (TPSA) is 72.2 Å². The van der Waals surface area contributed by atoms with E-state index in [9.17, 15) is 8.42 Å². The number of hydrogen-bond donors (Lipinski definition) is 2. The summed E-state index contributed by atoms with van der Waals surface area (Å²) in [5.41, 5.74) is 5.94. The Morgan fingerprint density at radius 2 is 1.76 bits per heavy atom. The lowest BCUT2D eigenvalue weighted by atomic mass is 10.1. The lowest BCUT2D eigenvalue weighted by Gasteiger charge is -2.18. The molecule has 3 N–H and O–H groups in total. The summed E-state index contributed by atoms with van der Waals surface area (Å²) in [6, 6.07) is 9.06. The van der Waals surface area contributed by atoms with Crippen LogP contribution < -0.4 is 10.5 Å². The highest BCUT2D eigenvalue weighted by molar-refractivity contribution is 7.88. The lowest BCUT2D eigenvalue weighted by molar-refractivity contribution is 0.497. The van der Waals surface area contributed by atoms with E-state index in [4.69, 9.17) is 5.73 Å². The summed E-state index contributed by atoms with van der Waals surface area (Å²) in [5.74, 6) is -0.0100. The fourth-order valence-electron chi connectivity index (χ4n) is 1.14. The smallest absolute Gasteiger partial charge is 0.215 e. The summed E-state index contributed by atoms with van der Waals surface area (Å²) < 4.78 is 25.9.